The molecule has 70 valence electrons. The van der Waals surface area contributed by atoms with Crippen LogP contribution in [0.5, 0.6) is 0 Å². The van der Waals surface area contributed by atoms with Crippen LogP contribution in [0.2, 0.25) is 0 Å². The van der Waals surface area contributed by atoms with Crippen LogP contribution in [0.25, 0.3) is 0 Å². The molecule has 0 rings (SSSR count). The van der Waals surface area contributed by atoms with E-state index >= 15 is 0 Å². The van der Waals surface area contributed by atoms with Crippen molar-refractivity contribution in [3.05, 3.63) is 0 Å². The van der Waals surface area contributed by atoms with E-state index in [0.29, 0.717) is 12.8 Å². The summed E-state index contributed by atoms with van der Waals surface area (Å²) in [6.07, 6.45) is -0.0451. The lowest BCUT2D eigenvalue weighted by Crippen LogP contribution is -2.30. The van der Waals surface area contributed by atoms with Gasteiger partial charge in [0, 0.05) is 6.42 Å². The summed E-state index contributed by atoms with van der Waals surface area (Å²) in [5, 5.41) is 18.8. The van der Waals surface area contributed by atoms with Gasteiger partial charge in [0.05, 0.1) is 12.2 Å². The lowest BCUT2D eigenvalue weighted by atomic mass is 9.99. The SMILES string of the molecule is CC#CCCC(O)C(O)C(C)C. The molecule has 0 aliphatic carbocycles. The number of hydrogen-bond donors (Lipinski definition) is 2. The minimum absolute atomic E-state index is 0.106. The maximum Gasteiger partial charge on any atom is 0.0822 e. The Morgan fingerprint density at radius 1 is 1.25 bits per heavy atom. The molecule has 0 aromatic heterocycles. The predicted molar refractivity (Wildman–Crippen MR) is 49.5 cm³/mol. The second-order valence-electron chi connectivity index (χ2n) is 3.27. The molecule has 0 amide bonds. The molecule has 2 nitrogen and oxygen atoms in total. The molecule has 2 heteroatoms. The highest BCUT2D eigenvalue weighted by Crippen LogP contribution is 2.10. The minimum Gasteiger partial charge on any atom is -0.390 e. The van der Waals surface area contributed by atoms with Crippen molar-refractivity contribution < 1.29 is 10.2 Å². The van der Waals surface area contributed by atoms with Crippen molar-refractivity contribution in [2.45, 2.75) is 45.8 Å². The van der Waals surface area contributed by atoms with Crippen molar-refractivity contribution in [2.75, 3.05) is 0 Å². The maximum atomic E-state index is 9.40. The number of aliphatic hydroxyl groups is 2. The normalized spacial score (nSPS) is 15.2. The van der Waals surface area contributed by atoms with E-state index in [-0.39, 0.29) is 5.92 Å². The third kappa shape index (κ3) is 4.38. The second-order valence-corrected chi connectivity index (χ2v) is 3.27. The quantitative estimate of drug-likeness (QED) is 0.622. The van der Waals surface area contributed by atoms with Crippen LogP contribution >= 0.6 is 0 Å². The third-order valence-electron chi connectivity index (χ3n) is 1.82. The first-order valence-electron chi connectivity index (χ1n) is 4.35. The van der Waals surface area contributed by atoms with Gasteiger partial charge in [-0.3, -0.25) is 0 Å². The van der Waals surface area contributed by atoms with Crippen LogP contribution in [0.3, 0.4) is 0 Å². The largest absolute Gasteiger partial charge is 0.390 e. The predicted octanol–water partition coefficient (Wildman–Crippen LogP) is 1.17. The first kappa shape index (κ1) is 11.5. The van der Waals surface area contributed by atoms with E-state index in [0.717, 1.165) is 0 Å². The molecule has 0 saturated carbocycles. The van der Waals surface area contributed by atoms with Gasteiger partial charge in [-0.05, 0) is 19.3 Å². The molecule has 0 bridgehead atoms. The fraction of sp³-hybridized carbons (Fsp3) is 0.800. The molecule has 0 heterocycles. The fourth-order valence-electron chi connectivity index (χ4n) is 0.960. The molecule has 0 spiro atoms. The van der Waals surface area contributed by atoms with Crippen molar-refractivity contribution >= 4 is 0 Å². The van der Waals surface area contributed by atoms with Crippen molar-refractivity contribution in [1.82, 2.24) is 0 Å². The summed E-state index contributed by atoms with van der Waals surface area (Å²) in [5.41, 5.74) is 0. The molecule has 2 unspecified atom stereocenters. The zero-order valence-electron chi connectivity index (χ0n) is 8.04. The van der Waals surface area contributed by atoms with E-state index in [1.165, 1.54) is 0 Å². The van der Waals surface area contributed by atoms with Crippen molar-refractivity contribution in [3.63, 3.8) is 0 Å². The summed E-state index contributed by atoms with van der Waals surface area (Å²) in [6, 6.07) is 0. The molecule has 12 heavy (non-hydrogen) atoms. The zero-order valence-corrected chi connectivity index (χ0v) is 8.04. The second kappa shape index (κ2) is 6.05. The first-order chi connectivity index (χ1) is 5.59. The standard InChI is InChI=1S/C10H18O2/c1-4-5-6-7-9(11)10(12)8(2)3/h8-12H,6-7H2,1-3H3. The van der Waals surface area contributed by atoms with E-state index in [1.54, 1.807) is 6.92 Å². The highest BCUT2D eigenvalue weighted by Gasteiger charge is 2.18. The first-order valence-corrected chi connectivity index (χ1v) is 4.35. The number of rotatable bonds is 4. The third-order valence-corrected chi connectivity index (χ3v) is 1.82. The van der Waals surface area contributed by atoms with E-state index in [9.17, 15) is 10.2 Å². The topological polar surface area (TPSA) is 40.5 Å². The van der Waals surface area contributed by atoms with Gasteiger partial charge in [0.1, 0.15) is 0 Å². The Balaban J connectivity index is 3.68. The fourth-order valence-corrected chi connectivity index (χ4v) is 0.960. The average Bonchev–Trinajstić information content (AvgIpc) is 2.03. The summed E-state index contributed by atoms with van der Waals surface area (Å²) < 4.78 is 0. The van der Waals surface area contributed by atoms with Gasteiger partial charge >= 0.3 is 0 Å². The Hall–Kier alpha value is -0.520. The number of aliphatic hydroxyl groups excluding tert-OH is 2. The van der Waals surface area contributed by atoms with E-state index in [4.69, 9.17) is 0 Å². The lowest BCUT2D eigenvalue weighted by Gasteiger charge is -2.19. The molecule has 2 N–H and O–H groups in total. The van der Waals surface area contributed by atoms with Crippen LogP contribution in [0.1, 0.15) is 33.6 Å². The van der Waals surface area contributed by atoms with E-state index < -0.39 is 12.2 Å². The van der Waals surface area contributed by atoms with Crippen LogP contribution in [-0.2, 0) is 0 Å². The maximum absolute atomic E-state index is 9.40. The van der Waals surface area contributed by atoms with Gasteiger partial charge in [-0.15, -0.1) is 11.8 Å². The molecule has 2 atom stereocenters. The van der Waals surface area contributed by atoms with Crippen molar-refractivity contribution in [2.24, 2.45) is 5.92 Å². The molecular formula is C10H18O2. The smallest absolute Gasteiger partial charge is 0.0822 e. The summed E-state index contributed by atoms with van der Waals surface area (Å²) in [7, 11) is 0. The summed E-state index contributed by atoms with van der Waals surface area (Å²) in [6.45, 7) is 5.55. The van der Waals surface area contributed by atoms with Gasteiger partial charge in [0.15, 0.2) is 0 Å². The summed E-state index contributed by atoms with van der Waals surface area (Å²) in [5.74, 6) is 5.71. The van der Waals surface area contributed by atoms with Gasteiger partial charge in [-0.1, -0.05) is 13.8 Å². The lowest BCUT2D eigenvalue weighted by molar-refractivity contribution is -0.0112. The van der Waals surface area contributed by atoms with Crippen LogP contribution in [0.15, 0.2) is 0 Å². The van der Waals surface area contributed by atoms with Gasteiger partial charge in [0.25, 0.3) is 0 Å². The molecular weight excluding hydrogens is 152 g/mol. The van der Waals surface area contributed by atoms with E-state index in [1.807, 2.05) is 13.8 Å². The molecule has 0 aliphatic rings. The summed E-state index contributed by atoms with van der Waals surface area (Å²) in [4.78, 5) is 0. The molecule has 0 aromatic carbocycles. The van der Waals surface area contributed by atoms with Crippen LogP contribution < -0.4 is 0 Å². The van der Waals surface area contributed by atoms with Gasteiger partial charge in [-0.2, -0.15) is 0 Å². The number of hydrogen-bond acceptors (Lipinski definition) is 2. The van der Waals surface area contributed by atoms with E-state index in [2.05, 4.69) is 11.8 Å². The Kier molecular flexibility index (Phi) is 5.79. The molecule has 0 fully saturated rings. The Labute approximate surface area is 74.6 Å². The summed E-state index contributed by atoms with van der Waals surface area (Å²) >= 11 is 0. The van der Waals surface area contributed by atoms with Crippen LogP contribution in [0.4, 0.5) is 0 Å². The monoisotopic (exact) mass is 170 g/mol. The highest BCUT2D eigenvalue weighted by atomic mass is 16.3. The zero-order chi connectivity index (χ0) is 9.56. The van der Waals surface area contributed by atoms with Crippen molar-refractivity contribution in [3.8, 4) is 11.8 Å². The average molecular weight is 170 g/mol. The van der Waals surface area contributed by atoms with Crippen LogP contribution in [0, 0.1) is 17.8 Å². The molecule has 0 saturated heterocycles. The molecule has 0 aliphatic heterocycles. The molecule has 0 radical (unpaired) electrons. The van der Waals surface area contributed by atoms with Crippen LogP contribution in [-0.4, -0.2) is 22.4 Å². The molecule has 0 aromatic rings. The Morgan fingerprint density at radius 2 is 1.83 bits per heavy atom. The van der Waals surface area contributed by atoms with Gasteiger partial charge < -0.3 is 10.2 Å². The van der Waals surface area contributed by atoms with Gasteiger partial charge in [-0.25, -0.2) is 0 Å². The Bertz CT molecular complexity index is 164. The Morgan fingerprint density at radius 3 is 2.25 bits per heavy atom. The van der Waals surface area contributed by atoms with Crippen molar-refractivity contribution in [1.29, 1.82) is 0 Å². The highest BCUT2D eigenvalue weighted by molar-refractivity contribution is 4.95. The van der Waals surface area contributed by atoms with Gasteiger partial charge in [0.2, 0.25) is 0 Å². The minimum atomic E-state index is -0.633.